The molecule has 1 aliphatic heterocycles. The molecule has 1 aromatic rings. The summed E-state index contributed by atoms with van der Waals surface area (Å²) >= 11 is 0. The van der Waals surface area contributed by atoms with E-state index in [0.29, 0.717) is 55.0 Å². The van der Waals surface area contributed by atoms with Gasteiger partial charge in [-0.2, -0.15) is 0 Å². The first-order valence-electron chi connectivity index (χ1n) is 9.79. The van der Waals surface area contributed by atoms with Gasteiger partial charge in [-0.05, 0) is 42.5 Å². The van der Waals surface area contributed by atoms with E-state index in [1.807, 2.05) is 17.0 Å². The number of carbonyl (C=O) groups is 2. The molecule has 2 fully saturated rings. The predicted octanol–water partition coefficient (Wildman–Crippen LogP) is 1.76. The molecule has 140 valence electrons. The van der Waals surface area contributed by atoms with E-state index >= 15 is 0 Å². The third-order valence-corrected chi connectivity index (χ3v) is 5.87. The lowest BCUT2D eigenvalue weighted by molar-refractivity contribution is -0.140. The Morgan fingerprint density at radius 1 is 1.46 bits per heavy atom. The van der Waals surface area contributed by atoms with Crippen molar-refractivity contribution in [2.75, 3.05) is 19.6 Å². The Bertz CT molecular complexity index is 656. The van der Waals surface area contributed by atoms with Crippen LogP contribution in [0.1, 0.15) is 54.4 Å². The molecular formula is C20H29BN2O3. The second-order valence-electron chi connectivity index (χ2n) is 7.82. The van der Waals surface area contributed by atoms with Crippen LogP contribution in [0.25, 0.3) is 0 Å². The number of hydrogen-bond donors (Lipinski definition) is 1. The molecule has 1 amide bonds. The first-order chi connectivity index (χ1) is 12.5. The smallest absolute Gasteiger partial charge is 0.222 e. The third kappa shape index (κ3) is 4.29. The lowest BCUT2D eigenvalue weighted by atomic mass is 9.96. The van der Waals surface area contributed by atoms with E-state index < -0.39 is 0 Å². The van der Waals surface area contributed by atoms with Crippen LogP contribution in [0.5, 0.6) is 5.75 Å². The fraction of sp³-hybridized carbons (Fsp3) is 0.600. The van der Waals surface area contributed by atoms with Crippen LogP contribution in [0.3, 0.4) is 0 Å². The highest BCUT2D eigenvalue weighted by atomic mass is 16.5. The minimum Gasteiger partial charge on any atom is -0.486 e. The zero-order valence-corrected chi connectivity index (χ0v) is 15.8. The Hall–Kier alpha value is -1.82. The molecule has 6 heteroatoms. The van der Waals surface area contributed by atoms with Crippen LogP contribution < -0.4 is 10.5 Å². The van der Waals surface area contributed by atoms with Crippen molar-refractivity contribution in [3.63, 3.8) is 0 Å². The van der Waals surface area contributed by atoms with Crippen LogP contribution in [0, 0.1) is 5.92 Å². The maximum absolute atomic E-state index is 12.2. The Balaban J connectivity index is 1.48. The summed E-state index contributed by atoms with van der Waals surface area (Å²) in [6, 6.07) is 5.92. The molecule has 1 aromatic carbocycles. The number of carbonyl (C=O) groups excluding carboxylic acids is 2. The summed E-state index contributed by atoms with van der Waals surface area (Å²) in [5, 5.41) is 0. The summed E-state index contributed by atoms with van der Waals surface area (Å²) in [5.41, 5.74) is 7.53. The maximum atomic E-state index is 12.2. The van der Waals surface area contributed by atoms with Crippen LogP contribution in [0.2, 0.25) is 5.82 Å². The van der Waals surface area contributed by atoms with Crippen molar-refractivity contribution in [2.45, 2.75) is 50.4 Å². The van der Waals surface area contributed by atoms with Gasteiger partial charge in [0.2, 0.25) is 5.91 Å². The van der Waals surface area contributed by atoms with Crippen LogP contribution in [-0.2, 0) is 4.79 Å². The lowest BCUT2D eigenvalue weighted by Crippen LogP contribution is -2.56. The summed E-state index contributed by atoms with van der Waals surface area (Å²) in [7, 11) is 2.23. The third-order valence-electron chi connectivity index (χ3n) is 5.87. The monoisotopic (exact) mass is 356 g/mol. The van der Waals surface area contributed by atoms with Crippen molar-refractivity contribution in [1.29, 1.82) is 0 Å². The van der Waals surface area contributed by atoms with Crippen molar-refractivity contribution in [3.8, 4) is 5.75 Å². The van der Waals surface area contributed by atoms with Gasteiger partial charge in [0.05, 0.1) is 18.7 Å². The molecule has 0 aromatic heterocycles. The molecule has 0 spiro atoms. The number of ether oxygens (including phenoxy) is 1. The van der Waals surface area contributed by atoms with Gasteiger partial charge >= 0.3 is 0 Å². The summed E-state index contributed by atoms with van der Waals surface area (Å²) in [6.07, 6.45) is 4.45. The lowest BCUT2D eigenvalue weighted by Gasteiger charge is -2.39. The van der Waals surface area contributed by atoms with E-state index in [0.717, 1.165) is 19.1 Å². The molecule has 3 rings (SSSR count). The van der Waals surface area contributed by atoms with Crippen molar-refractivity contribution in [3.05, 3.63) is 29.3 Å². The fourth-order valence-electron chi connectivity index (χ4n) is 3.65. The number of nitrogens with zero attached hydrogens (tertiary/aromatic N) is 1. The average molecular weight is 356 g/mol. The number of amides is 1. The van der Waals surface area contributed by atoms with Crippen molar-refractivity contribution >= 4 is 20.0 Å². The van der Waals surface area contributed by atoms with Gasteiger partial charge in [-0.15, -0.1) is 0 Å². The molecule has 5 nitrogen and oxygen atoms in total. The average Bonchev–Trinajstić information content (AvgIpc) is 3.35. The van der Waals surface area contributed by atoms with E-state index in [9.17, 15) is 9.59 Å². The molecule has 2 aliphatic rings. The van der Waals surface area contributed by atoms with Gasteiger partial charge in [0.25, 0.3) is 0 Å². The van der Waals surface area contributed by atoms with Crippen LogP contribution >= 0.6 is 0 Å². The molecule has 0 radical (unpaired) electrons. The number of aldehydes is 1. The fourth-order valence-corrected chi connectivity index (χ4v) is 3.65. The zero-order valence-electron chi connectivity index (χ0n) is 15.8. The van der Waals surface area contributed by atoms with Crippen LogP contribution in [-0.4, -0.2) is 50.7 Å². The Morgan fingerprint density at radius 2 is 2.19 bits per heavy atom. The van der Waals surface area contributed by atoms with E-state index in [4.69, 9.17) is 10.5 Å². The summed E-state index contributed by atoms with van der Waals surface area (Å²) < 4.78 is 5.96. The first-order valence-corrected chi connectivity index (χ1v) is 9.79. The highest BCUT2D eigenvalue weighted by Gasteiger charge is 2.35. The second-order valence-corrected chi connectivity index (χ2v) is 7.82. The van der Waals surface area contributed by atoms with E-state index in [1.54, 1.807) is 0 Å². The van der Waals surface area contributed by atoms with Gasteiger partial charge in [0.15, 0.2) is 6.29 Å². The Labute approximate surface area is 156 Å². The van der Waals surface area contributed by atoms with E-state index in [1.165, 1.54) is 12.0 Å². The molecule has 0 bridgehead atoms. The standard InChI is InChI=1S/C20H29BN2O3/c1-2-13(9-22)3-6-20(25)23-10-16(11-23)26-19-5-4-14(7-15(19)12-24)17-8-18(17)21/h4-5,7,12-13,16-18H,2-3,6,8-11,21-22H2,1H3. The highest BCUT2D eigenvalue weighted by molar-refractivity contribution is 6.14. The number of benzene rings is 1. The molecule has 26 heavy (non-hydrogen) atoms. The van der Waals surface area contributed by atoms with Crippen LogP contribution in [0.15, 0.2) is 18.2 Å². The maximum Gasteiger partial charge on any atom is 0.222 e. The van der Waals surface area contributed by atoms with Crippen LogP contribution in [0.4, 0.5) is 0 Å². The van der Waals surface area contributed by atoms with Gasteiger partial charge in [-0.25, -0.2) is 0 Å². The molecule has 2 N–H and O–H groups in total. The minimum absolute atomic E-state index is 0.0279. The van der Waals surface area contributed by atoms with Gasteiger partial charge in [0.1, 0.15) is 19.7 Å². The Morgan fingerprint density at radius 3 is 2.77 bits per heavy atom. The van der Waals surface area contributed by atoms with Gasteiger partial charge in [0, 0.05) is 6.42 Å². The van der Waals surface area contributed by atoms with Gasteiger partial charge in [-0.1, -0.05) is 31.6 Å². The molecule has 3 atom stereocenters. The number of hydrogen-bond acceptors (Lipinski definition) is 4. The van der Waals surface area contributed by atoms with E-state index in [2.05, 4.69) is 20.8 Å². The highest BCUT2D eigenvalue weighted by Crippen LogP contribution is 2.50. The molecule has 1 heterocycles. The predicted molar refractivity (Wildman–Crippen MR) is 105 cm³/mol. The number of nitrogens with two attached hydrogens (primary N) is 1. The van der Waals surface area contributed by atoms with Crippen molar-refractivity contribution < 1.29 is 14.3 Å². The summed E-state index contributed by atoms with van der Waals surface area (Å²) in [6.45, 7) is 3.94. The Kier molecular flexibility index (Phi) is 6.02. The second kappa shape index (κ2) is 8.25. The molecule has 1 saturated heterocycles. The van der Waals surface area contributed by atoms with Crippen molar-refractivity contribution in [2.24, 2.45) is 11.7 Å². The topological polar surface area (TPSA) is 72.6 Å². The summed E-state index contributed by atoms with van der Waals surface area (Å²) in [5.74, 6) is 2.52. The quantitative estimate of drug-likeness (QED) is 0.541. The van der Waals surface area contributed by atoms with Gasteiger partial charge < -0.3 is 15.4 Å². The van der Waals surface area contributed by atoms with Gasteiger partial charge in [-0.3, -0.25) is 9.59 Å². The number of rotatable bonds is 9. The largest absolute Gasteiger partial charge is 0.486 e. The molecule has 1 aliphatic carbocycles. The minimum atomic E-state index is -0.0279. The van der Waals surface area contributed by atoms with Crippen molar-refractivity contribution in [1.82, 2.24) is 4.90 Å². The van der Waals surface area contributed by atoms with E-state index in [-0.39, 0.29) is 12.0 Å². The molecule has 1 saturated carbocycles. The SMILES string of the molecule is BC1CC1c1ccc(OC2CN(C(=O)CCC(CC)CN)C2)c(C=O)c1. The first kappa shape index (κ1) is 19.0. The number of likely N-dealkylation sites (tertiary alicyclic amines) is 1. The molecular weight excluding hydrogens is 327 g/mol. The molecule has 3 unspecified atom stereocenters. The normalized spacial score (nSPS) is 23.2. The summed E-state index contributed by atoms with van der Waals surface area (Å²) in [4.78, 5) is 25.5. The zero-order chi connectivity index (χ0) is 18.7.